The zero-order valence-electron chi connectivity index (χ0n) is 10.00. The molecule has 1 aliphatic carbocycles. The molecule has 3 rings (SSSR count). The Kier molecular flexibility index (Phi) is 4.27. The second kappa shape index (κ2) is 5.80. The molecule has 0 N–H and O–H groups in total. The van der Waals surface area contributed by atoms with Crippen molar-refractivity contribution in [1.29, 1.82) is 0 Å². The standard InChI is InChI=1S/C13H11Br2ClN2S/c14-8-5-9(19-6-8)13-17-11(7-3-1-2-4-7)10(15)12(16)18-13/h5-7H,1-4H2. The summed E-state index contributed by atoms with van der Waals surface area (Å²) in [4.78, 5) is 10.2. The molecule has 0 atom stereocenters. The highest BCUT2D eigenvalue weighted by atomic mass is 79.9. The van der Waals surface area contributed by atoms with Crippen molar-refractivity contribution in [3.63, 3.8) is 0 Å². The number of rotatable bonds is 2. The monoisotopic (exact) mass is 420 g/mol. The first-order valence-electron chi connectivity index (χ1n) is 6.12. The molecule has 0 aliphatic heterocycles. The van der Waals surface area contributed by atoms with Gasteiger partial charge in [-0.2, -0.15) is 0 Å². The minimum Gasteiger partial charge on any atom is -0.231 e. The Balaban J connectivity index is 2.06. The molecule has 0 aromatic carbocycles. The smallest absolute Gasteiger partial charge is 0.171 e. The normalized spacial score (nSPS) is 16.2. The van der Waals surface area contributed by atoms with E-state index in [9.17, 15) is 0 Å². The number of halogens is 3. The van der Waals surface area contributed by atoms with Gasteiger partial charge in [0.1, 0.15) is 5.15 Å². The zero-order chi connectivity index (χ0) is 13.4. The van der Waals surface area contributed by atoms with E-state index in [0.717, 1.165) is 25.3 Å². The first-order chi connectivity index (χ1) is 9.15. The van der Waals surface area contributed by atoms with Crippen LogP contribution in [-0.2, 0) is 0 Å². The van der Waals surface area contributed by atoms with Crippen molar-refractivity contribution in [1.82, 2.24) is 9.97 Å². The summed E-state index contributed by atoms with van der Waals surface area (Å²) in [5.74, 6) is 1.24. The third kappa shape index (κ3) is 2.89. The molecule has 2 nitrogen and oxygen atoms in total. The Morgan fingerprint density at radius 2 is 1.95 bits per heavy atom. The first kappa shape index (κ1) is 14.0. The highest BCUT2D eigenvalue weighted by Crippen LogP contribution is 2.40. The van der Waals surface area contributed by atoms with E-state index in [0.29, 0.717) is 11.1 Å². The van der Waals surface area contributed by atoms with Crippen LogP contribution in [0.2, 0.25) is 5.15 Å². The maximum atomic E-state index is 6.25. The van der Waals surface area contributed by atoms with Crippen LogP contribution in [-0.4, -0.2) is 9.97 Å². The molecule has 1 aliphatic rings. The zero-order valence-corrected chi connectivity index (χ0v) is 14.7. The Bertz CT molecular complexity index is 609. The van der Waals surface area contributed by atoms with Crippen LogP contribution in [0.3, 0.4) is 0 Å². The second-order valence-electron chi connectivity index (χ2n) is 4.65. The largest absolute Gasteiger partial charge is 0.231 e. The quantitative estimate of drug-likeness (QED) is 0.551. The van der Waals surface area contributed by atoms with Gasteiger partial charge in [0.2, 0.25) is 0 Å². The van der Waals surface area contributed by atoms with Crippen molar-refractivity contribution in [2.75, 3.05) is 0 Å². The third-order valence-corrected chi connectivity index (χ3v) is 6.34. The molecule has 2 aromatic rings. The SMILES string of the molecule is Clc1nc(-c2cc(Br)cs2)nc(C2CCCC2)c1Br. The number of thiophene rings is 1. The van der Waals surface area contributed by atoms with Crippen molar-refractivity contribution in [2.24, 2.45) is 0 Å². The Morgan fingerprint density at radius 3 is 2.58 bits per heavy atom. The predicted octanol–water partition coefficient (Wildman–Crippen LogP) is 6.04. The molecule has 6 heteroatoms. The highest BCUT2D eigenvalue weighted by Gasteiger charge is 2.24. The lowest BCUT2D eigenvalue weighted by Crippen LogP contribution is -2.02. The van der Waals surface area contributed by atoms with Gasteiger partial charge in [-0.1, -0.05) is 24.4 Å². The van der Waals surface area contributed by atoms with Crippen LogP contribution in [0, 0.1) is 0 Å². The van der Waals surface area contributed by atoms with Crippen LogP contribution >= 0.6 is 54.8 Å². The van der Waals surface area contributed by atoms with Crippen LogP contribution < -0.4 is 0 Å². The molecule has 2 heterocycles. The molecule has 0 amide bonds. The molecule has 19 heavy (non-hydrogen) atoms. The average Bonchev–Trinajstić information content (AvgIpc) is 3.03. The summed E-state index contributed by atoms with van der Waals surface area (Å²) < 4.78 is 1.91. The summed E-state index contributed by atoms with van der Waals surface area (Å²) >= 11 is 14.9. The minimum atomic E-state index is 0.511. The average molecular weight is 423 g/mol. The van der Waals surface area contributed by atoms with Gasteiger partial charge in [0.25, 0.3) is 0 Å². The molecular formula is C13H11Br2ClN2S. The topological polar surface area (TPSA) is 25.8 Å². The van der Waals surface area contributed by atoms with Crippen LogP contribution in [0.5, 0.6) is 0 Å². The summed E-state index contributed by atoms with van der Waals surface area (Å²) in [7, 11) is 0. The van der Waals surface area contributed by atoms with E-state index in [-0.39, 0.29) is 0 Å². The van der Waals surface area contributed by atoms with Crippen LogP contribution in [0.1, 0.15) is 37.3 Å². The van der Waals surface area contributed by atoms with Gasteiger partial charge in [-0.3, -0.25) is 0 Å². The molecule has 0 spiro atoms. The van der Waals surface area contributed by atoms with Crippen LogP contribution in [0.15, 0.2) is 20.4 Å². The Labute approximate surface area is 137 Å². The lowest BCUT2D eigenvalue weighted by molar-refractivity contribution is 0.691. The summed E-state index contributed by atoms with van der Waals surface area (Å²) in [6.07, 6.45) is 4.94. The van der Waals surface area contributed by atoms with E-state index >= 15 is 0 Å². The van der Waals surface area contributed by atoms with E-state index in [1.54, 1.807) is 11.3 Å². The lowest BCUT2D eigenvalue weighted by atomic mass is 10.0. The van der Waals surface area contributed by atoms with Crippen molar-refractivity contribution in [2.45, 2.75) is 31.6 Å². The fourth-order valence-corrected chi connectivity index (χ4v) is 4.48. The van der Waals surface area contributed by atoms with Crippen molar-refractivity contribution in [3.8, 4) is 10.7 Å². The van der Waals surface area contributed by atoms with E-state index in [2.05, 4.69) is 36.8 Å². The molecule has 0 unspecified atom stereocenters. The number of aromatic nitrogens is 2. The van der Waals surface area contributed by atoms with Gasteiger partial charge >= 0.3 is 0 Å². The van der Waals surface area contributed by atoms with Crippen LogP contribution in [0.4, 0.5) is 0 Å². The number of hydrogen-bond acceptors (Lipinski definition) is 3. The fourth-order valence-electron chi connectivity index (χ4n) is 2.45. The summed E-state index contributed by atoms with van der Waals surface area (Å²) in [6, 6.07) is 2.03. The molecule has 0 saturated heterocycles. The van der Waals surface area contributed by atoms with Gasteiger partial charge in [-0.15, -0.1) is 11.3 Å². The Morgan fingerprint density at radius 1 is 1.21 bits per heavy atom. The number of hydrogen-bond donors (Lipinski definition) is 0. The first-order valence-corrected chi connectivity index (χ1v) is 8.97. The Hall–Kier alpha value is 0.0300. The van der Waals surface area contributed by atoms with Crippen molar-refractivity contribution in [3.05, 3.63) is 31.2 Å². The van der Waals surface area contributed by atoms with E-state index in [4.69, 9.17) is 16.6 Å². The van der Waals surface area contributed by atoms with Gasteiger partial charge in [0.15, 0.2) is 5.82 Å². The number of nitrogens with zero attached hydrogens (tertiary/aromatic N) is 2. The van der Waals surface area contributed by atoms with Crippen molar-refractivity contribution < 1.29 is 0 Å². The van der Waals surface area contributed by atoms with Gasteiger partial charge in [0, 0.05) is 15.8 Å². The lowest BCUT2D eigenvalue weighted by Gasteiger charge is -2.12. The molecule has 1 fully saturated rings. The van der Waals surface area contributed by atoms with Gasteiger partial charge in [-0.05, 0) is 50.8 Å². The second-order valence-corrected chi connectivity index (χ2v) is 7.63. The van der Waals surface area contributed by atoms with E-state index < -0.39 is 0 Å². The van der Waals surface area contributed by atoms with Crippen LogP contribution in [0.25, 0.3) is 10.7 Å². The van der Waals surface area contributed by atoms with Gasteiger partial charge in [-0.25, -0.2) is 9.97 Å². The van der Waals surface area contributed by atoms with E-state index in [1.165, 1.54) is 25.7 Å². The maximum absolute atomic E-state index is 6.25. The van der Waals surface area contributed by atoms with E-state index in [1.807, 2.05) is 11.4 Å². The highest BCUT2D eigenvalue weighted by molar-refractivity contribution is 9.10. The molecule has 0 bridgehead atoms. The maximum Gasteiger partial charge on any atom is 0.171 e. The van der Waals surface area contributed by atoms with Gasteiger partial charge in [0.05, 0.1) is 15.0 Å². The molecule has 2 aromatic heterocycles. The summed E-state index contributed by atoms with van der Waals surface area (Å²) in [5, 5.41) is 2.54. The fraction of sp³-hybridized carbons (Fsp3) is 0.385. The van der Waals surface area contributed by atoms with Crippen molar-refractivity contribution >= 4 is 54.8 Å². The molecule has 100 valence electrons. The summed E-state index contributed by atoms with van der Waals surface area (Å²) in [6.45, 7) is 0. The minimum absolute atomic E-state index is 0.511. The molecule has 1 saturated carbocycles. The molecular weight excluding hydrogens is 411 g/mol. The predicted molar refractivity (Wildman–Crippen MR) is 87.0 cm³/mol. The molecule has 0 radical (unpaired) electrons. The third-order valence-electron chi connectivity index (χ3n) is 3.37. The van der Waals surface area contributed by atoms with Gasteiger partial charge < -0.3 is 0 Å². The summed E-state index contributed by atoms with van der Waals surface area (Å²) in [5.41, 5.74) is 1.07.